The number of fused-ring (bicyclic) bond motifs is 6. The van der Waals surface area contributed by atoms with Crippen LogP contribution in [-0.4, -0.2) is 24.4 Å². The van der Waals surface area contributed by atoms with Crippen LogP contribution in [0.15, 0.2) is 133 Å². The number of hydrogen-bond donors (Lipinski definition) is 0. The minimum absolute atomic E-state index is 0.0379. The molecular formula is C51H63N2+. The first kappa shape index (κ1) is 38.3. The van der Waals surface area contributed by atoms with E-state index in [1.54, 1.807) is 11.1 Å². The molecule has 0 saturated carbocycles. The normalized spacial score (nSPS) is 17.3. The molecule has 276 valence electrons. The van der Waals surface area contributed by atoms with Gasteiger partial charge in [0.05, 0.1) is 5.41 Å². The molecule has 2 nitrogen and oxygen atoms in total. The van der Waals surface area contributed by atoms with Crippen LogP contribution in [0.25, 0.3) is 21.5 Å². The quantitative estimate of drug-likeness (QED) is 0.0784. The number of allylic oxidation sites excluding steroid dienone is 10. The van der Waals surface area contributed by atoms with Crippen molar-refractivity contribution in [3.8, 4) is 0 Å². The average molecular weight is 704 g/mol. The van der Waals surface area contributed by atoms with Gasteiger partial charge in [-0.3, -0.25) is 0 Å². The highest BCUT2D eigenvalue weighted by Crippen LogP contribution is 2.55. The van der Waals surface area contributed by atoms with Crippen molar-refractivity contribution in [2.24, 2.45) is 0 Å². The number of anilines is 1. The molecule has 0 aliphatic carbocycles. The van der Waals surface area contributed by atoms with Gasteiger partial charge in [0.1, 0.15) is 7.05 Å². The summed E-state index contributed by atoms with van der Waals surface area (Å²) in [6, 6.07) is 27.3. The molecule has 4 aromatic rings. The van der Waals surface area contributed by atoms with E-state index < -0.39 is 0 Å². The van der Waals surface area contributed by atoms with Crippen molar-refractivity contribution >= 4 is 38.6 Å². The summed E-state index contributed by atoms with van der Waals surface area (Å²) in [6.07, 6.45) is 34.7. The summed E-state index contributed by atoms with van der Waals surface area (Å²) in [6.45, 7) is 9.31. The van der Waals surface area contributed by atoms with Crippen LogP contribution in [0.5, 0.6) is 0 Å². The van der Waals surface area contributed by atoms with Crippen LogP contribution in [0.3, 0.4) is 0 Å². The minimum Gasteiger partial charge on any atom is -0.347 e. The zero-order valence-corrected chi connectivity index (χ0v) is 33.5. The largest absolute Gasteiger partial charge is 0.347 e. The minimum atomic E-state index is 0.0379. The molecule has 6 rings (SSSR count). The van der Waals surface area contributed by atoms with Gasteiger partial charge in [-0.1, -0.05) is 176 Å². The fourth-order valence-electron chi connectivity index (χ4n) is 9.58. The van der Waals surface area contributed by atoms with Gasteiger partial charge < -0.3 is 4.90 Å². The Labute approximate surface area is 321 Å². The summed E-state index contributed by atoms with van der Waals surface area (Å²) >= 11 is 0. The molecular weight excluding hydrogens is 641 g/mol. The fraction of sp³-hybridized carbons (Fsp3) is 0.392. The summed E-state index contributed by atoms with van der Waals surface area (Å²) in [5, 5.41) is 5.53. The molecule has 0 atom stereocenters. The predicted octanol–water partition coefficient (Wildman–Crippen LogP) is 14.2. The first-order chi connectivity index (χ1) is 26.0. The van der Waals surface area contributed by atoms with Crippen LogP contribution >= 0.6 is 0 Å². The Morgan fingerprint density at radius 1 is 0.547 bits per heavy atom. The Kier molecular flexibility index (Phi) is 12.7. The van der Waals surface area contributed by atoms with E-state index in [1.165, 1.54) is 121 Å². The van der Waals surface area contributed by atoms with Gasteiger partial charge in [-0.25, -0.2) is 0 Å². The second kappa shape index (κ2) is 17.6. The Balaban J connectivity index is 1.25. The van der Waals surface area contributed by atoms with E-state index in [4.69, 9.17) is 0 Å². The predicted molar refractivity (Wildman–Crippen MR) is 233 cm³/mol. The van der Waals surface area contributed by atoms with Gasteiger partial charge in [-0.2, -0.15) is 4.58 Å². The number of unbranched alkanes of at least 4 members (excludes halogenated alkanes) is 4. The molecule has 2 heteroatoms. The van der Waals surface area contributed by atoms with E-state index in [9.17, 15) is 0 Å². The molecule has 0 amide bonds. The van der Waals surface area contributed by atoms with Gasteiger partial charge in [0, 0.05) is 41.6 Å². The smallest absolute Gasteiger partial charge is 0.210 e. The van der Waals surface area contributed by atoms with E-state index in [-0.39, 0.29) is 10.8 Å². The highest BCUT2D eigenvalue weighted by Gasteiger charge is 2.50. The first-order valence-electron chi connectivity index (χ1n) is 20.8. The first-order valence-corrected chi connectivity index (χ1v) is 20.8. The van der Waals surface area contributed by atoms with Crippen LogP contribution in [-0.2, 0) is 10.8 Å². The molecule has 0 saturated heterocycles. The zero-order valence-electron chi connectivity index (χ0n) is 33.5. The third-order valence-electron chi connectivity index (χ3n) is 12.2. The van der Waals surface area contributed by atoms with Crippen molar-refractivity contribution in [1.82, 2.24) is 0 Å². The zero-order chi connectivity index (χ0) is 37.3. The van der Waals surface area contributed by atoms with Gasteiger partial charge in [0.15, 0.2) is 5.71 Å². The molecule has 2 heterocycles. The standard InChI is InChI=1S/C51H63N2/c1-7-11-36-50(37-12-8-2)46(52(5)44-34-32-40-26-22-24-28-42(40)48(44)50)30-20-18-16-15-17-19-21-31-47-51(38-13-9-3,39-14-10-4)49-43-29-25-23-27-41(43)33-35-45(49)53(47)6/h15-35H,7-14,36-39H2,1-6H3/q+1. The fourth-order valence-corrected chi connectivity index (χ4v) is 9.58. The maximum absolute atomic E-state index is 2.48. The Hall–Kier alpha value is -4.43. The topological polar surface area (TPSA) is 6.25 Å². The number of likely N-dealkylation sites (N-methyl/N-ethyl adjacent to an activating group) is 1. The summed E-state index contributed by atoms with van der Waals surface area (Å²) in [5.74, 6) is 0. The van der Waals surface area contributed by atoms with E-state index >= 15 is 0 Å². The lowest BCUT2D eigenvalue weighted by Gasteiger charge is -2.34. The average Bonchev–Trinajstić information content (AvgIpc) is 3.57. The van der Waals surface area contributed by atoms with Crippen molar-refractivity contribution < 1.29 is 4.58 Å². The Morgan fingerprint density at radius 3 is 1.62 bits per heavy atom. The molecule has 0 unspecified atom stereocenters. The van der Waals surface area contributed by atoms with Crippen LogP contribution < -0.4 is 4.90 Å². The number of rotatable bonds is 17. The van der Waals surface area contributed by atoms with Crippen LogP contribution in [0.4, 0.5) is 11.4 Å². The van der Waals surface area contributed by atoms with Gasteiger partial charge in [0.2, 0.25) is 5.69 Å². The van der Waals surface area contributed by atoms with E-state index in [0.717, 1.165) is 0 Å². The van der Waals surface area contributed by atoms with Gasteiger partial charge in [0.25, 0.3) is 0 Å². The van der Waals surface area contributed by atoms with Crippen molar-refractivity contribution in [2.45, 2.75) is 116 Å². The highest BCUT2D eigenvalue weighted by atomic mass is 15.2. The van der Waals surface area contributed by atoms with Crippen LogP contribution in [0.1, 0.15) is 116 Å². The summed E-state index contributed by atoms with van der Waals surface area (Å²) in [7, 11) is 4.55. The second-order valence-corrected chi connectivity index (χ2v) is 15.5. The summed E-state index contributed by atoms with van der Waals surface area (Å²) < 4.78 is 2.48. The Morgan fingerprint density at radius 2 is 1.04 bits per heavy atom. The van der Waals surface area contributed by atoms with E-state index in [1.807, 2.05) is 0 Å². The van der Waals surface area contributed by atoms with Crippen molar-refractivity contribution in [3.63, 3.8) is 0 Å². The second-order valence-electron chi connectivity index (χ2n) is 15.5. The van der Waals surface area contributed by atoms with Crippen molar-refractivity contribution in [3.05, 3.63) is 144 Å². The maximum atomic E-state index is 2.48. The van der Waals surface area contributed by atoms with Crippen molar-refractivity contribution in [2.75, 3.05) is 19.0 Å². The third-order valence-corrected chi connectivity index (χ3v) is 12.2. The Bertz CT molecular complexity index is 2050. The lowest BCUT2D eigenvalue weighted by molar-refractivity contribution is -0.401. The molecule has 0 aromatic heterocycles. The molecule has 4 aromatic carbocycles. The summed E-state index contributed by atoms with van der Waals surface area (Å²) in [5.41, 5.74) is 8.78. The highest BCUT2D eigenvalue weighted by molar-refractivity contribution is 6.08. The van der Waals surface area contributed by atoms with Crippen LogP contribution in [0, 0.1) is 0 Å². The molecule has 0 bridgehead atoms. The lowest BCUT2D eigenvalue weighted by atomic mass is 9.69. The third kappa shape index (κ3) is 7.40. The number of benzene rings is 4. The van der Waals surface area contributed by atoms with Crippen LogP contribution in [0.2, 0.25) is 0 Å². The number of nitrogens with zero attached hydrogens (tertiary/aromatic N) is 2. The monoisotopic (exact) mass is 703 g/mol. The van der Waals surface area contributed by atoms with Crippen molar-refractivity contribution in [1.29, 1.82) is 0 Å². The molecule has 2 aliphatic rings. The van der Waals surface area contributed by atoms with Gasteiger partial charge >= 0.3 is 0 Å². The molecule has 0 fully saturated rings. The number of hydrogen-bond acceptors (Lipinski definition) is 1. The molecule has 0 N–H and O–H groups in total. The maximum Gasteiger partial charge on any atom is 0.210 e. The molecule has 53 heavy (non-hydrogen) atoms. The SMILES string of the molecule is CCCCC1(CCCC)C(/C=C/C=C/C=C/C=C/C=C2/N(C)c3ccc4ccccc4c3C2(CCCC)CCCC)=[N+](C)c2ccc3ccccc3c21. The van der Waals surface area contributed by atoms with Gasteiger partial charge in [-0.15, -0.1) is 0 Å². The molecule has 0 spiro atoms. The molecule has 0 radical (unpaired) electrons. The lowest BCUT2D eigenvalue weighted by Crippen LogP contribution is -2.34. The van der Waals surface area contributed by atoms with E-state index in [0.29, 0.717) is 0 Å². The molecule has 2 aliphatic heterocycles. The van der Waals surface area contributed by atoms with E-state index in [2.05, 4.69) is 179 Å². The van der Waals surface area contributed by atoms with Gasteiger partial charge in [-0.05, 0) is 71.0 Å². The summed E-state index contributed by atoms with van der Waals surface area (Å²) in [4.78, 5) is 2.48.